The lowest BCUT2D eigenvalue weighted by Crippen LogP contribution is -2.45. The first-order valence-electron chi connectivity index (χ1n) is 9.16. The Morgan fingerprint density at radius 1 is 1.30 bits per heavy atom. The van der Waals surface area contributed by atoms with Gasteiger partial charge in [-0.3, -0.25) is 18.6 Å². The smallest absolute Gasteiger partial charge is 0.306 e. The molecule has 1 aromatic rings. The summed E-state index contributed by atoms with van der Waals surface area (Å²) >= 11 is 0. The van der Waals surface area contributed by atoms with Gasteiger partial charge in [0.25, 0.3) is 16.0 Å². The van der Waals surface area contributed by atoms with Gasteiger partial charge in [-0.1, -0.05) is 6.07 Å². The van der Waals surface area contributed by atoms with Crippen molar-refractivity contribution in [1.29, 1.82) is 0 Å². The van der Waals surface area contributed by atoms with Crippen molar-refractivity contribution in [3.63, 3.8) is 0 Å². The van der Waals surface area contributed by atoms with E-state index >= 15 is 0 Å². The fraction of sp³-hybridized carbons (Fsp3) is 0.526. The summed E-state index contributed by atoms with van der Waals surface area (Å²) in [6.45, 7) is 4.59. The number of carbonyl (C=O) groups is 3. The van der Waals surface area contributed by atoms with Gasteiger partial charge in [-0.15, -0.1) is 0 Å². The molecule has 0 unspecified atom stereocenters. The minimum absolute atomic E-state index is 0.0738. The second-order valence-corrected chi connectivity index (χ2v) is 9.70. The Kier molecular flexibility index (Phi) is 6.87. The van der Waals surface area contributed by atoms with Crippen molar-refractivity contribution in [1.82, 2.24) is 4.90 Å². The summed E-state index contributed by atoms with van der Waals surface area (Å²) in [5.74, 6) is -2.97. The Balaban J connectivity index is 2.18. The van der Waals surface area contributed by atoms with Gasteiger partial charge in [-0.25, -0.2) is 4.39 Å². The zero-order valence-electron chi connectivity index (χ0n) is 17.2. The average Bonchev–Trinajstić information content (AvgIpc) is 2.87. The number of hydrogen-bond donors (Lipinski definition) is 1. The molecular weight excluding hydrogens is 419 g/mol. The molecule has 30 heavy (non-hydrogen) atoms. The van der Waals surface area contributed by atoms with E-state index in [4.69, 9.17) is 10.5 Å². The van der Waals surface area contributed by atoms with Crippen LogP contribution < -0.4 is 5.73 Å². The first-order chi connectivity index (χ1) is 13.7. The van der Waals surface area contributed by atoms with Crippen LogP contribution in [0.25, 0.3) is 0 Å². The molecule has 0 saturated heterocycles. The predicted octanol–water partition coefficient (Wildman–Crippen LogP) is 1.23. The van der Waals surface area contributed by atoms with E-state index in [2.05, 4.69) is 4.18 Å². The maximum Gasteiger partial charge on any atom is 0.306 e. The number of carbonyl (C=O) groups excluding carboxylic acids is 3. The molecule has 0 spiro atoms. The van der Waals surface area contributed by atoms with Crippen molar-refractivity contribution in [3.8, 4) is 0 Å². The average molecular weight is 444 g/mol. The third-order valence-electron chi connectivity index (χ3n) is 4.23. The van der Waals surface area contributed by atoms with Crippen molar-refractivity contribution >= 4 is 27.9 Å². The third kappa shape index (κ3) is 6.23. The highest BCUT2D eigenvalue weighted by Gasteiger charge is 2.38. The van der Waals surface area contributed by atoms with Crippen LogP contribution >= 0.6 is 0 Å². The van der Waals surface area contributed by atoms with Crippen LogP contribution in [0, 0.1) is 5.82 Å². The highest BCUT2D eigenvalue weighted by Crippen LogP contribution is 2.30. The molecule has 0 radical (unpaired) electrons. The lowest BCUT2D eigenvalue weighted by Gasteiger charge is -2.25. The second-order valence-electron chi connectivity index (χ2n) is 8.05. The van der Waals surface area contributed by atoms with E-state index in [-0.39, 0.29) is 36.1 Å². The summed E-state index contributed by atoms with van der Waals surface area (Å²) < 4.78 is 46.6. The number of benzene rings is 1. The standard InChI is InChI=1S/C19H25FN2O7S/c1-19(2,3)29-15(23)6-5-14(17(21)24)22-9-12-7-11(10-28-30(4,26)27)8-13(20)16(12)18(22)25/h7-8,14H,5-6,9-10H2,1-4H3,(H2,21,24)/t14-/m0/s1. The van der Waals surface area contributed by atoms with Crippen LogP contribution in [0.2, 0.25) is 0 Å². The van der Waals surface area contributed by atoms with Crippen molar-refractivity contribution < 1.29 is 36.1 Å². The minimum atomic E-state index is -3.73. The largest absolute Gasteiger partial charge is 0.460 e. The van der Waals surface area contributed by atoms with Gasteiger partial charge in [-0.05, 0) is 44.4 Å². The van der Waals surface area contributed by atoms with Crippen LogP contribution in [0.4, 0.5) is 4.39 Å². The number of rotatable bonds is 8. The monoisotopic (exact) mass is 444 g/mol. The summed E-state index contributed by atoms with van der Waals surface area (Å²) in [6.07, 6.45) is 0.640. The van der Waals surface area contributed by atoms with Gasteiger partial charge < -0.3 is 15.4 Å². The predicted molar refractivity (Wildman–Crippen MR) is 104 cm³/mol. The number of nitrogens with two attached hydrogens (primary N) is 1. The molecule has 166 valence electrons. The SMILES string of the molecule is CC(C)(C)OC(=O)CC[C@@H](C(N)=O)N1Cc2cc(COS(C)(=O)=O)cc(F)c2C1=O. The van der Waals surface area contributed by atoms with Crippen LogP contribution in [0.15, 0.2) is 12.1 Å². The van der Waals surface area contributed by atoms with Crippen molar-refractivity contribution in [2.24, 2.45) is 5.73 Å². The Bertz CT molecular complexity index is 970. The molecule has 11 heteroatoms. The molecule has 9 nitrogen and oxygen atoms in total. The maximum atomic E-state index is 14.5. The van der Waals surface area contributed by atoms with Crippen LogP contribution in [-0.4, -0.2) is 49.0 Å². The molecule has 0 saturated carbocycles. The summed E-state index contributed by atoms with van der Waals surface area (Å²) in [6, 6.07) is 1.31. The normalized spacial score (nSPS) is 15.1. The van der Waals surface area contributed by atoms with E-state index in [9.17, 15) is 27.2 Å². The first-order valence-corrected chi connectivity index (χ1v) is 11.0. The van der Waals surface area contributed by atoms with Crippen LogP contribution in [0.3, 0.4) is 0 Å². The lowest BCUT2D eigenvalue weighted by atomic mass is 10.1. The first kappa shape index (κ1) is 23.7. The molecule has 1 heterocycles. The molecule has 1 aliphatic rings. The van der Waals surface area contributed by atoms with Gasteiger partial charge in [0.05, 0.1) is 18.4 Å². The quantitative estimate of drug-likeness (QED) is 0.471. The van der Waals surface area contributed by atoms with E-state index in [0.717, 1.165) is 17.2 Å². The van der Waals surface area contributed by atoms with Gasteiger partial charge in [0.1, 0.15) is 17.5 Å². The highest BCUT2D eigenvalue weighted by molar-refractivity contribution is 7.85. The van der Waals surface area contributed by atoms with Gasteiger partial charge in [0.15, 0.2) is 0 Å². The number of esters is 1. The molecule has 1 aromatic carbocycles. The van der Waals surface area contributed by atoms with Gasteiger partial charge in [-0.2, -0.15) is 8.42 Å². The topological polar surface area (TPSA) is 133 Å². The number of amides is 2. The molecule has 0 aliphatic carbocycles. The molecule has 0 bridgehead atoms. The lowest BCUT2D eigenvalue weighted by molar-refractivity contribution is -0.155. The van der Waals surface area contributed by atoms with Crippen LogP contribution in [-0.2, 0) is 41.8 Å². The van der Waals surface area contributed by atoms with Crippen molar-refractivity contribution in [3.05, 3.63) is 34.6 Å². The van der Waals surface area contributed by atoms with E-state index in [1.54, 1.807) is 20.8 Å². The number of ether oxygens (including phenoxy) is 1. The number of primary amides is 1. The van der Waals surface area contributed by atoms with Crippen molar-refractivity contribution in [2.45, 2.75) is 58.4 Å². The summed E-state index contributed by atoms with van der Waals surface area (Å²) in [5.41, 5.74) is 4.99. The fourth-order valence-corrected chi connectivity index (χ4v) is 3.45. The molecule has 2 rings (SSSR count). The van der Waals surface area contributed by atoms with Crippen LogP contribution in [0.5, 0.6) is 0 Å². The van der Waals surface area contributed by atoms with E-state index in [1.165, 1.54) is 6.07 Å². The van der Waals surface area contributed by atoms with E-state index in [0.29, 0.717) is 0 Å². The summed E-state index contributed by atoms with van der Waals surface area (Å²) in [5, 5.41) is 0. The molecule has 0 aromatic heterocycles. The summed E-state index contributed by atoms with van der Waals surface area (Å²) in [7, 11) is -3.73. The van der Waals surface area contributed by atoms with Crippen LogP contribution in [0.1, 0.15) is 55.1 Å². The molecule has 1 aliphatic heterocycles. The number of nitrogens with zero attached hydrogens (tertiary/aromatic N) is 1. The van der Waals surface area contributed by atoms with E-state index in [1.807, 2.05) is 0 Å². The van der Waals surface area contributed by atoms with Gasteiger partial charge in [0.2, 0.25) is 5.91 Å². The minimum Gasteiger partial charge on any atom is -0.460 e. The van der Waals surface area contributed by atoms with Crippen molar-refractivity contribution in [2.75, 3.05) is 6.26 Å². The molecule has 0 fully saturated rings. The fourth-order valence-electron chi connectivity index (χ4n) is 3.10. The van der Waals surface area contributed by atoms with Gasteiger partial charge >= 0.3 is 5.97 Å². The Labute approximate surface area is 174 Å². The number of halogens is 1. The third-order valence-corrected chi connectivity index (χ3v) is 4.78. The number of hydrogen-bond acceptors (Lipinski definition) is 7. The molecule has 2 N–H and O–H groups in total. The van der Waals surface area contributed by atoms with Gasteiger partial charge in [0, 0.05) is 13.0 Å². The Hall–Kier alpha value is -2.53. The van der Waals surface area contributed by atoms with E-state index < -0.39 is 52.0 Å². The zero-order chi connectivity index (χ0) is 22.9. The second kappa shape index (κ2) is 8.68. The molecule has 2 amide bonds. The Morgan fingerprint density at radius 2 is 1.93 bits per heavy atom. The summed E-state index contributed by atoms with van der Waals surface area (Å²) in [4.78, 5) is 37.7. The molecule has 1 atom stereocenters. The highest BCUT2D eigenvalue weighted by atomic mass is 32.2. The molecular formula is C19H25FN2O7S. The Morgan fingerprint density at radius 3 is 2.47 bits per heavy atom. The number of fused-ring (bicyclic) bond motifs is 1. The maximum absolute atomic E-state index is 14.5. The zero-order valence-corrected chi connectivity index (χ0v) is 18.0.